The molecule has 0 bridgehead atoms. The highest BCUT2D eigenvalue weighted by Gasteiger charge is 2.60. The number of hydrogen-bond donors (Lipinski definition) is 0. The van der Waals surface area contributed by atoms with E-state index in [0.717, 1.165) is 17.7 Å². The largest absolute Gasteiger partial charge is 0.497 e. The summed E-state index contributed by atoms with van der Waals surface area (Å²) in [6, 6.07) is 7.85. The Bertz CT molecular complexity index is 394. The quantitative estimate of drug-likeness (QED) is 0.649. The molecule has 2 unspecified atom stereocenters. The van der Waals surface area contributed by atoms with E-state index >= 15 is 0 Å². The Morgan fingerprint density at radius 3 is 2.79 bits per heavy atom. The van der Waals surface area contributed by atoms with Gasteiger partial charge in [-0.25, -0.2) is 6.57 Å². The van der Waals surface area contributed by atoms with Crippen LogP contribution in [0.2, 0.25) is 0 Å². The predicted octanol–water partition coefficient (Wildman–Crippen LogP) is 2.85. The first-order chi connectivity index (χ1) is 6.73. The van der Waals surface area contributed by atoms with E-state index in [1.165, 1.54) is 0 Å². The van der Waals surface area contributed by atoms with E-state index in [-0.39, 0.29) is 5.54 Å². The molecule has 0 amide bonds. The molecule has 0 spiro atoms. The molecule has 0 aromatic heterocycles. The minimum atomic E-state index is -0.255. The third-order valence-electron chi connectivity index (χ3n) is 3.04. The molecule has 1 aromatic carbocycles. The fourth-order valence-corrected chi connectivity index (χ4v) is 1.92. The minimum absolute atomic E-state index is 0.255. The fraction of sp³-hybridized carbons (Fsp3) is 0.417. The highest BCUT2D eigenvalue weighted by atomic mass is 16.5. The molecular formula is C12H13NO. The van der Waals surface area contributed by atoms with Crippen LogP contribution in [0.5, 0.6) is 5.75 Å². The SMILES string of the molecule is [C-]#[N+]C1(c2cccc(OC)c2)CC1C. The lowest BCUT2D eigenvalue weighted by Gasteiger charge is -2.06. The number of rotatable bonds is 2. The lowest BCUT2D eigenvalue weighted by molar-refractivity contribution is 0.414. The number of hydrogen-bond acceptors (Lipinski definition) is 1. The predicted molar refractivity (Wildman–Crippen MR) is 55.1 cm³/mol. The molecule has 0 saturated heterocycles. The molecule has 1 saturated carbocycles. The molecular weight excluding hydrogens is 174 g/mol. The van der Waals surface area contributed by atoms with Crippen molar-refractivity contribution in [1.29, 1.82) is 0 Å². The molecule has 2 heteroatoms. The Morgan fingerprint density at radius 2 is 2.29 bits per heavy atom. The summed E-state index contributed by atoms with van der Waals surface area (Å²) in [4.78, 5) is 3.75. The maximum Gasteiger partial charge on any atom is 0.261 e. The summed E-state index contributed by atoms with van der Waals surface area (Å²) in [5.74, 6) is 1.32. The van der Waals surface area contributed by atoms with Gasteiger partial charge in [-0.2, -0.15) is 0 Å². The van der Waals surface area contributed by atoms with Crippen LogP contribution in [0.25, 0.3) is 4.85 Å². The molecule has 0 heterocycles. The molecule has 14 heavy (non-hydrogen) atoms. The zero-order chi connectivity index (χ0) is 10.2. The minimum Gasteiger partial charge on any atom is -0.497 e. The maximum absolute atomic E-state index is 7.25. The number of nitrogens with zero attached hydrogens (tertiary/aromatic N) is 1. The normalized spacial score (nSPS) is 29.4. The van der Waals surface area contributed by atoms with Crippen molar-refractivity contribution in [3.05, 3.63) is 41.2 Å². The number of benzene rings is 1. The average Bonchev–Trinajstić information content (AvgIpc) is 2.91. The van der Waals surface area contributed by atoms with Crippen LogP contribution in [0, 0.1) is 12.5 Å². The lowest BCUT2D eigenvalue weighted by Crippen LogP contribution is -2.02. The standard InChI is InChI=1S/C12H13NO/c1-9-8-12(9,13-2)10-5-4-6-11(7-10)14-3/h4-7,9H,8H2,1,3H3. The fourth-order valence-electron chi connectivity index (χ4n) is 1.92. The molecule has 1 aliphatic carbocycles. The summed E-state index contributed by atoms with van der Waals surface area (Å²) in [5.41, 5.74) is 0.841. The van der Waals surface area contributed by atoms with E-state index in [4.69, 9.17) is 11.3 Å². The molecule has 1 aliphatic rings. The van der Waals surface area contributed by atoms with Crippen LogP contribution in [0.4, 0.5) is 0 Å². The Balaban J connectivity index is 2.38. The summed E-state index contributed by atoms with van der Waals surface area (Å²) in [5, 5.41) is 0. The molecule has 1 aromatic rings. The van der Waals surface area contributed by atoms with Crippen LogP contribution in [-0.4, -0.2) is 7.11 Å². The van der Waals surface area contributed by atoms with Gasteiger partial charge < -0.3 is 9.58 Å². The van der Waals surface area contributed by atoms with Crippen LogP contribution < -0.4 is 4.74 Å². The van der Waals surface area contributed by atoms with Gasteiger partial charge >= 0.3 is 0 Å². The van der Waals surface area contributed by atoms with E-state index in [0.29, 0.717) is 5.92 Å². The second kappa shape index (κ2) is 3.02. The van der Waals surface area contributed by atoms with E-state index in [9.17, 15) is 0 Å². The van der Waals surface area contributed by atoms with E-state index in [1.807, 2.05) is 24.3 Å². The van der Waals surface area contributed by atoms with Crippen molar-refractivity contribution < 1.29 is 4.74 Å². The van der Waals surface area contributed by atoms with E-state index < -0.39 is 0 Å². The second-order valence-electron chi connectivity index (χ2n) is 3.87. The van der Waals surface area contributed by atoms with Crippen molar-refractivity contribution in [3.8, 4) is 5.75 Å². The molecule has 2 rings (SSSR count). The monoisotopic (exact) mass is 187 g/mol. The van der Waals surface area contributed by atoms with Crippen molar-refractivity contribution >= 4 is 0 Å². The lowest BCUT2D eigenvalue weighted by atomic mass is 10.0. The molecule has 0 aliphatic heterocycles. The first-order valence-electron chi connectivity index (χ1n) is 4.76. The van der Waals surface area contributed by atoms with Crippen molar-refractivity contribution in [3.63, 3.8) is 0 Å². The molecule has 72 valence electrons. The Morgan fingerprint density at radius 1 is 1.57 bits per heavy atom. The van der Waals surface area contributed by atoms with E-state index in [2.05, 4.69) is 11.8 Å². The van der Waals surface area contributed by atoms with Gasteiger partial charge in [-0.1, -0.05) is 19.1 Å². The van der Waals surface area contributed by atoms with Crippen molar-refractivity contribution in [2.45, 2.75) is 18.9 Å². The van der Waals surface area contributed by atoms with Gasteiger partial charge in [0, 0.05) is 17.9 Å². The Kier molecular flexibility index (Phi) is 1.96. The zero-order valence-electron chi connectivity index (χ0n) is 8.45. The molecule has 2 nitrogen and oxygen atoms in total. The molecule has 0 N–H and O–H groups in total. The summed E-state index contributed by atoms with van der Waals surface area (Å²) in [6.07, 6.45) is 0.976. The highest BCUT2D eigenvalue weighted by molar-refractivity contribution is 5.40. The summed E-state index contributed by atoms with van der Waals surface area (Å²) >= 11 is 0. The highest BCUT2D eigenvalue weighted by Crippen LogP contribution is 2.55. The van der Waals surface area contributed by atoms with E-state index in [1.54, 1.807) is 7.11 Å². The van der Waals surface area contributed by atoms with Crippen LogP contribution in [0.3, 0.4) is 0 Å². The van der Waals surface area contributed by atoms with Gasteiger partial charge in [0.15, 0.2) is 0 Å². The second-order valence-corrected chi connectivity index (χ2v) is 3.87. The van der Waals surface area contributed by atoms with Crippen molar-refractivity contribution in [1.82, 2.24) is 0 Å². The summed E-state index contributed by atoms with van der Waals surface area (Å²) < 4.78 is 5.15. The number of ether oxygens (including phenoxy) is 1. The zero-order valence-corrected chi connectivity index (χ0v) is 8.45. The first kappa shape index (κ1) is 9.08. The smallest absolute Gasteiger partial charge is 0.261 e. The van der Waals surface area contributed by atoms with Gasteiger partial charge in [0.25, 0.3) is 5.54 Å². The van der Waals surface area contributed by atoms with Gasteiger partial charge in [-0.05, 0) is 12.1 Å². The summed E-state index contributed by atoms with van der Waals surface area (Å²) in [7, 11) is 1.65. The van der Waals surface area contributed by atoms with Gasteiger partial charge in [-0.15, -0.1) is 0 Å². The maximum atomic E-state index is 7.25. The van der Waals surface area contributed by atoms with Gasteiger partial charge in [-0.3, -0.25) is 0 Å². The van der Waals surface area contributed by atoms with Crippen LogP contribution in [-0.2, 0) is 5.54 Å². The third-order valence-corrected chi connectivity index (χ3v) is 3.04. The Labute approximate surface area is 84.3 Å². The van der Waals surface area contributed by atoms with Crippen LogP contribution in [0.15, 0.2) is 24.3 Å². The van der Waals surface area contributed by atoms with Gasteiger partial charge in [0.05, 0.1) is 7.11 Å². The first-order valence-corrected chi connectivity index (χ1v) is 4.76. The average molecular weight is 187 g/mol. The Hall–Kier alpha value is -1.49. The topological polar surface area (TPSA) is 13.6 Å². The van der Waals surface area contributed by atoms with Crippen LogP contribution >= 0.6 is 0 Å². The molecule has 0 radical (unpaired) electrons. The van der Waals surface area contributed by atoms with Gasteiger partial charge in [0.2, 0.25) is 0 Å². The third kappa shape index (κ3) is 1.17. The van der Waals surface area contributed by atoms with Gasteiger partial charge in [0.1, 0.15) is 5.75 Å². The number of methoxy groups -OCH3 is 1. The summed E-state index contributed by atoms with van der Waals surface area (Å²) in [6.45, 7) is 9.37. The molecule has 1 fully saturated rings. The van der Waals surface area contributed by atoms with Crippen molar-refractivity contribution in [2.75, 3.05) is 7.11 Å². The van der Waals surface area contributed by atoms with Crippen LogP contribution in [0.1, 0.15) is 18.9 Å². The molecule has 2 atom stereocenters. The van der Waals surface area contributed by atoms with Crippen molar-refractivity contribution in [2.24, 2.45) is 5.92 Å².